The fraction of sp³-hybridized carbons (Fsp3) is 0.231. The molecule has 1 aromatic heterocycles. The van der Waals surface area contributed by atoms with Crippen LogP contribution >= 0.6 is 11.8 Å². The minimum absolute atomic E-state index is 0.151. The maximum atomic E-state index is 11.4. The van der Waals surface area contributed by atoms with Gasteiger partial charge in [0.2, 0.25) is 0 Å². The number of H-pyrrole nitrogens is 1. The highest BCUT2D eigenvalue weighted by molar-refractivity contribution is 7.99. The fourth-order valence-corrected chi connectivity index (χ4v) is 2.85. The fourth-order valence-electron chi connectivity index (χ4n) is 1.81. The van der Waals surface area contributed by atoms with E-state index in [-0.39, 0.29) is 11.4 Å². The molecule has 0 aliphatic rings. The van der Waals surface area contributed by atoms with Crippen LogP contribution in [0.4, 0.5) is 5.82 Å². The number of rotatable bonds is 4. The van der Waals surface area contributed by atoms with Crippen LogP contribution in [0, 0.1) is 0 Å². The molecule has 6 nitrogen and oxygen atoms in total. The Morgan fingerprint density at radius 3 is 2.85 bits per heavy atom. The van der Waals surface area contributed by atoms with Crippen LogP contribution in [0.1, 0.15) is 18.6 Å². The number of aliphatic hydroxyl groups is 1. The molecule has 0 bridgehead atoms. The van der Waals surface area contributed by atoms with E-state index < -0.39 is 6.10 Å². The van der Waals surface area contributed by atoms with Gasteiger partial charge in [-0.05, 0) is 19.1 Å². The smallest absolute Gasteiger partial charge is 0.253 e. The quantitative estimate of drug-likeness (QED) is 0.740. The van der Waals surface area contributed by atoms with Gasteiger partial charge in [-0.1, -0.05) is 17.8 Å². The molecule has 1 aromatic carbocycles. The number of nitrogens with two attached hydrogens (primary N) is 1. The van der Waals surface area contributed by atoms with Gasteiger partial charge >= 0.3 is 0 Å². The number of nitrogens with zero attached hydrogens (tertiary/aromatic N) is 1. The standard InChI is InChI=1S/C13H15N3O3S/c1-7(17)12-8(19-2)4-3-5-9(12)20-13-15-10(14)6-11(18)16-13/h3-7,17H,1-2H3,(H3,14,15,16,18)/t7-/m1/s1. The van der Waals surface area contributed by atoms with Crippen LogP contribution < -0.4 is 16.0 Å². The Morgan fingerprint density at radius 1 is 1.50 bits per heavy atom. The summed E-state index contributed by atoms with van der Waals surface area (Å²) in [5, 5.41) is 10.3. The number of hydrogen-bond acceptors (Lipinski definition) is 6. The summed E-state index contributed by atoms with van der Waals surface area (Å²) in [6.45, 7) is 1.65. The molecule has 0 radical (unpaired) electrons. The van der Waals surface area contributed by atoms with Crippen LogP contribution in [0.3, 0.4) is 0 Å². The topological polar surface area (TPSA) is 101 Å². The summed E-state index contributed by atoms with van der Waals surface area (Å²) < 4.78 is 5.24. The highest BCUT2D eigenvalue weighted by Crippen LogP contribution is 2.36. The SMILES string of the molecule is COc1cccc(Sc2nc(N)cc(=O)[nH]2)c1[C@@H](C)O. The molecule has 0 aliphatic heterocycles. The molecule has 0 amide bonds. The first-order chi connectivity index (χ1) is 9.51. The predicted molar refractivity (Wildman–Crippen MR) is 77.0 cm³/mol. The van der Waals surface area contributed by atoms with Gasteiger partial charge in [0.15, 0.2) is 5.16 Å². The van der Waals surface area contributed by atoms with Gasteiger partial charge in [0.1, 0.15) is 11.6 Å². The first-order valence-electron chi connectivity index (χ1n) is 5.91. The molecule has 20 heavy (non-hydrogen) atoms. The Hall–Kier alpha value is -1.99. The molecule has 0 saturated heterocycles. The van der Waals surface area contributed by atoms with Crippen LogP contribution in [-0.4, -0.2) is 22.2 Å². The average Bonchev–Trinajstić information content (AvgIpc) is 2.36. The molecule has 0 spiro atoms. The Morgan fingerprint density at radius 2 is 2.25 bits per heavy atom. The summed E-state index contributed by atoms with van der Waals surface area (Å²) >= 11 is 1.21. The van der Waals surface area contributed by atoms with Crippen molar-refractivity contribution in [1.29, 1.82) is 0 Å². The Balaban J connectivity index is 2.45. The second kappa shape index (κ2) is 5.98. The minimum Gasteiger partial charge on any atom is -0.496 e. The van der Waals surface area contributed by atoms with Gasteiger partial charge in [0.05, 0.1) is 13.2 Å². The van der Waals surface area contributed by atoms with Crippen molar-refractivity contribution in [3.8, 4) is 5.75 Å². The minimum atomic E-state index is -0.707. The van der Waals surface area contributed by atoms with E-state index in [1.807, 2.05) is 6.07 Å². The molecular weight excluding hydrogens is 278 g/mol. The Bertz CT molecular complexity index is 670. The Labute approximate surface area is 120 Å². The van der Waals surface area contributed by atoms with E-state index in [4.69, 9.17) is 10.5 Å². The van der Waals surface area contributed by atoms with E-state index in [1.54, 1.807) is 19.1 Å². The molecule has 0 fully saturated rings. The predicted octanol–water partition coefficient (Wildman–Crippen LogP) is 1.57. The molecule has 2 rings (SSSR count). The largest absolute Gasteiger partial charge is 0.496 e. The number of hydrogen-bond donors (Lipinski definition) is 3. The molecule has 0 saturated carbocycles. The van der Waals surface area contributed by atoms with Crippen molar-refractivity contribution in [1.82, 2.24) is 9.97 Å². The number of benzene rings is 1. The normalized spacial score (nSPS) is 12.2. The van der Waals surface area contributed by atoms with E-state index >= 15 is 0 Å². The number of anilines is 1. The number of methoxy groups -OCH3 is 1. The molecular formula is C13H15N3O3S. The zero-order chi connectivity index (χ0) is 14.7. The van der Waals surface area contributed by atoms with E-state index in [0.29, 0.717) is 16.5 Å². The highest BCUT2D eigenvalue weighted by Gasteiger charge is 2.15. The molecule has 1 heterocycles. The van der Waals surface area contributed by atoms with E-state index in [2.05, 4.69) is 9.97 Å². The molecule has 7 heteroatoms. The van der Waals surface area contributed by atoms with Gasteiger partial charge in [-0.2, -0.15) is 0 Å². The summed E-state index contributed by atoms with van der Waals surface area (Å²) in [4.78, 5) is 18.8. The lowest BCUT2D eigenvalue weighted by molar-refractivity contribution is 0.191. The first kappa shape index (κ1) is 14.4. The number of aliphatic hydroxyl groups excluding tert-OH is 1. The van der Waals surface area contributed by atoms with Gasteiger partial charge in [-0.3, -0.25) is 4.79 Å². The number of nitrogen functional groups attached to an aromatic ring is 1. The van der Waals surface area contributed by atoms with E-state index in [9.17, 15) is 9.90 Å². The van der Waals surface area contributed by atoms with Gasteiger partial charge in [0.25, 0.3) is 5.56 Å². The van der Waals surface area contributed by atoms with Crippen molar-refractivity contribution in [2.75, 3.05) is 12.8 Å². The van der Waals surface area contributed by atoms with Gasteiger partial charge in [0, 0.05) is 16.5 Å². The van der Waals surface area contributed by atoms with Crippen molar-refractivity contribution in [3.05, 3.63) is 40.2 Å². The van der Waals surface area contributed by atoms with E-state index in [0.717, 1.165) is 4.90 Å². The third-order valence-corrected chi connectivity index (χ3v) is 3.57. The second-order valence-electron chi connectivity index (χ2n) is 4.13. The molecule has 1 atom stereocenters. The molecule has 106 valence electrons. The summed E-state index contributed by atoms with van der Waals surface area (Å²) in [5.41, 5.74) is 5.87. The number of aromatic amines is 1. The lowest BCUT2D eigenvalue weighted by atomic mass is 10.1. The molecule has 0 aliphatic carbocycles. The molecule has 0 unspecified atom stereocenters. The number of ether oxygens (including phenoxy) is 1. The maximum Gasteiger partial charge on any atom is 0.253 e. The maximum absolute atomic E-state index is 11.4. The van der Waals surface area contributed by atoms with Gasteiger partial charge < -0.3 is 20.6 Å². The van der Waals surface area contributed by atoms with Gasteiger partial charge in [-0.15, -0.1) is 0 Å². The highest BCUT2D eigenvalue weighted by atomic mass is 32.2. The van der Waals surface area contributed by atoms with Crippen molar-refractivity contribution < 1.29 is 9.84 Å². The number of aromatic nitrogens is 2. The van der Waals surface area contributed by atoms with Crippen LogP contribution in [0.5, 0.6) is 5.75 Å². The zero-order valence-corrected chi connectivity index (χ0v) is 11.9. The van der Waals surface area contributed by atoms with Crippen molar-refractivity contribution in [3.63, 3.8) is 0 Å². The monoisotopic (exact) mass is 293 g/mol. The summed E-state index contributed by atoms with van der Waals surface area (Å²) in [6, 6.07) is 6.60. The number of nitrogens with one attached hydrogen (secondary N) is 1. The van der Waals surface area contributed by atoms with E-state index in [1.165, 1.54) is 24.9 Å². The Kier molecular flexibility index (Phi) is 4.31. The zero-order valence-electron chi connectivity index (χ0n) is 11.1. The second-order valence-corrected chi connectivity index (χ2v) is 5.16. The summed E-state index contributed by atoms with van der Waals surface area (Å²) in [5.74, 6) is 0.731. The van der Waals surface area contributed by atoms with Crippen LogP contribution in [0.2, 0.25) is 0 Å². The summed E-state index contributed by atoms with van der Waals surface area (Å²) in [6.07, 6.45) is -0.707. The lowest BCUT2D eigenvalue weighted by Crippen LogP contribution is -2.09. The average molecular weight is 293 g/mol. The first-order valence-corrected chi connectivity index (χ1v) is 6.72. The molecule has 4 N–H and O–H groups in total. The summed E-state index contributed by atoms with van der Waals surface area (Å²) in [7, 11) is 1.54. The molecule has 2 aromatic rings. The third kappa shape index (κ3) is 3.12. The van der Waals surface area contributed by atoms with Crippen LogP contribution in [-0.2, 0) is 0 Å². The van der Waals surface area contributed by atoms with Crippen molar-refractivity contribution >= 4 is 17.6 Å². The van der Waals surface area contributed by atoms with Crippen molar-refractivity contribution in [2.24, 2.45) is 0 Å². The van der Waals surface area contributed by atoms with Crippen LogP contribution in [0.15, 0.2) is 39.1 Å². The lowest BCUT2D eigenvalue weighted by Gasteiger charge is -2.15. The third-order valence-electron chi connectivity index (χ3n) is 2.61. The van der Waals surface area contributed by atoms with Gasteiger partial charge in [-0.25, -0.2) is 4.98 Å². The van der Waals surface area contributed by atoms with Crippen LogP contribution in [0.25, 0.3) is 0 Å². The van der Waals surface area contributed by atoms with Crippen molar-refractivity contribution in [2.45, 2.75) is 23.1 Å².